The molecule has 3 aliphatic rings. The van der Waals surface area contributed by atoms with Gasteiger partial charge in [0, 0.05) is 45.8 Å². The minimum Gasteiger partial charge on any atom is -0.491 e. The molecule has 2 unspecified atom stereocenters. The lowest BCUT2D eigenvalue weighted by molar-refractivity contribution is -0.131. The van der Waals surface area contributed by atoms with E-state index in [-0.39, 0.29) is 23.8 Å². The van der Waals surface area contributed by atoms with Gasteiger partial charge in [-0.15, -0.1) is 0 Å². The Morgan fingerprint density at radius 1 is 0.894 bits per heavy atom. The molecule has 0 radical (unpaired) electrons. The molecule has 2 fully saturated rings. The maximum Gasteiger partial charge on any atom is 0.328 e. The van der Waals surface area contributed by atoms with Crippen molar-refractivity contribution < 1.29 is 24.2 Å². The number of nitrogens with zero attached hydrogens (tertiary/aromatic N) is 1. The molecule has 2 saturated carbocycles. The van der Waals surface area contributed by atoms with Gasteiger partial charge in [-0.1, -0.05) is 56.0 Å². The Kier molecular flexibility index (Phi) is 8.83. The van der Waals surface area contributed by atoms with Crippen LogP contribution in [-0.2, 0) is 16.1 Å². The zero-order valence-electron chi connectivity index (χ0n) is 26.5. The monoisotopic (exact) mass is 631 g/mol. The largest absolute Gasteiger partial charge is 0.491 e. The first-order valence-electron chi connectivity index (χ1n) is 17.0. The van der Waals surface area contributed by atoms with Crippen LogP contribution in [0.5, 0.6) is 5.75 Å². The van der Waals surface area contributed by atoms with E-state index in [2.05, 4.69) is 45.5 Å². The van der Waals surface area contributed by atoms with E-state index in [0.29, 0.717) is 30.2 Å². The highest BCUT2D eigenvalue weighted by atomic mass is 16.5. The average Bonchev–Trinajstić information content (AvgIpc) is 3.29. The van der Waals surface area contributed by atoms with Crippen LogP contribution in [-0.4, -0.2) is 40.1 Å². The molecule has 2 heterocycles. The van der Waals surface area contributed by atoms with Gasteiger partial charge >= 0.3 is 5.97 Å². The van der Waals surface area contributed by atoms with Gasteiger partial charge in [-0.3, -0.25) is 9.59 Å². The highest BCUT2D eigenvalue weighted by Gasteiger charge is 2.31. The number of carbonyl (C=O) groups excluding carboxylic acids is 2. The molecule has 1 aliphatic heterocycles. The van der Waals surface area contributed by atoms with Crippen LogP contribution >= 0.6 is 0 Å². The highest BCUT2D eigenvalue weighted by Crippen LogP contribution is 2.47. The smallest absolute Gasteiger partial charge is 0.328 e. The number of carboxylic acids is 1. The standard InChI is InChI=1S/C39H41N3O5/c43-35(44)20-15-25-13-17-29(18-14-25)40-38(45)27-9-6-10-30(23-27)41-39(46)28-16-19-31-33(24-28)42-21-22-47-34-12-5-4-11-32(34)37(42)36(31)26-7-2-1-3-8-26/h4-5,11-20,24,26-27,30H,1-3,6-10,21-23H2,(H,40,45)(H,41,46)(H,43,44)/b20-15+. The molecule has 4 aromatic rings. The van der Waals surface area contributed by atoms with E-state index < -0.39 is 5.97 Å². The third-order valence-corrected chi connectivity index (χ3v) is 10.1. The number of ether oxygens (including phenoxy) is 1. The van der Waals surface area contributed by atoms with Gasteiger partial charge in [0.2, 0.25) is 5.91 Å². The fourth-order valence-corrected chi connectivity index (χ4v) is 7.80. The first kappa shape index (κ1) is 30.8. The van der Waals surface area contributed by atoms with Crippen LogP contribution in [0.1, 0.15) is 85.2 Å². The summed E-state index contributed by atoms with van der Waals surface area (Å²) in [6, 6.07) is 21.5. The van der Waals surface area contributed by atoms with Crippen LogP contribution in [0.2, 0.25) is 0 Å². The molecule has 8 nitrogen and oxygen atoms in total. The lowest BCUT2D eigenvalue weighted by Crippen LogP contribution is -2.41. The van der Waals surface area contributed by atoms with E-state index in [1.165, 1.54) is 54.8 Å². The third-order valence-electron chi connectivity index (χ3n) is 10.1. The molecular weight excluding hydrogens is 590 g/mol. The van der Waals surface area contributed by atoms with Gasteiger partial charge in [-0.05, 0) is 91.6 Å². The lowest BCUT2D eigenvalue weighted by Gasteiger charge is -2.29. The number of benzene rings is 3. The SMILES string of the molecule is O=C(O)/C=C/c1ccc(NC(=O)C2CCCC(NC(=O)c3ccc4c(C5CCCCC5)c5n(c4c3)CCOc3ccccc3-5)C2)cc1. The van der Waals surface area contributed by atoms with Gasteiger partial charge in [0.05, 0.1) is 12.2 Å². The number of amides is 2. The van der Waals surface area contributed by atoms with Gasteiger partial charge in [0.25, 0.3) is 5.91 Å². The van der Waals surface area contributed by atoms with Crippen molar-refractivity contribution in [1.82, 2.24) is 9.88 Å². The number of hydrogen-bond acceptors (Lipinski definition) is 4. The van der Waals surface area contributed by atoms with Gasteiger partial charge < -0.3 is 25.0 Å². The Hall–Kier alpha value is -4.85. The van der Waals surface area contributed by atoms with E-state index >= 15 is 0 Å². The first-order chi connectivity index (χ1) is 22.9. The predicted octanol–water partition coefficient (Wildman–Crippen LogP) is 7.77. The van der Waals surface area contributed by atoms with E-state index in [9.17, 15) is 14.4 Å². The number of rotatable bonds is 7. The second kappa shape index (κ2) is 13.5. The minimum absolute atomic E-state index is 0.0622. The maximum absolute atomic E-state index is 13.7. The normalized spacial score (nSPS) is 19.7. The van der Waals surface area contributed by atoms with E-state index in [0.717, 1.165) is 54.3 Å². The summed E-state index contributed by atoms with van der Waals surface area (Å²) < 4.78 is 8.57. The molecule has 3 N–H and O–H groups in total. The van der Waals surface area contributed by atoms with Crippen molar-refractivity contribution in [2.45, 2.75) is 76.3 Å². The Morgan fingerprint density at radius 2 is 1.70 bits per heavy atom. The molecule has 0 spiro atoms. The van der Waals surface area contributed by atoms with Crippen LogP contribution in [0.15, 0.2) is 72.8 Å². The van der Waals surface area contributed by atoms with Crippen LogP contribution in [0.3, 0.4) is 0 Å². The van der Waals surface area contributed by atoms with Crippen molar-refractivity contribution >= 4 is 40.4 Å². The summed E-state index contributed by atoms with van der Waals surface area (Å²) in [7, 11) is 0. The number of nitrogens with one attached hydrogen (secondary N) is 2. The fourth-order valence-electron chi connectivity index (χ4n) is 7.80. The summed E-state index contributed by atoms with van der Waals surface area (Å²) in [5.74, 6) is 0.0276. The molecule has 2 amide bonds. The Labute approximate surface area is 274 Å². The topological polar surface area (TPSA) is 110 Å². The number of carbonyl (C=O) groups is 3. The van der Waals surface area contributed by atoms with Crippen molar-refractivity contribution in [1.29, 1.82) is 0 Å². The van der Waals surface area contributed by atoms with Crippen molar-refractivity contribution in [2.75, 3.05) is 11.9 Å². The van der Waals surface area contributed by atoms with Crippen LogP contribution in [0, 0.1) is 5.92 Å². The summed E-state index contributed by atoms with van der Waals surface area (Å²) in [4.78, 5) is 37.6. The second-order valence-corrected chi connectivity index (χ2v) is 13.1. The molecule has 242 valence electrons. The van der Waals surface area contributed by atoms with Crippen molar-refractivity contribution in [2.24, 2.45) is 5.92 Å². The Morgan fingerprint density at radius 3 is 2.51 bits per heavy atom. The Bertz CT molecular complexity index is 1830. The summed E-state index contributed by atoms with van der Waals surface area (Å²) in [5.41, 5.74) is 6.89. The summed E-state index contributed by atoms with van der Waals surface area (Å²) >= 11 is 0. The molecule has 7 rings (SSSR count). The number of anilines is 1. The molecule has 2 atom stereocenters. The van der Waals surface area contributed by atoms with Crippen LogP contribution in [0.4, 0.5) is 5.69 Å². The van der Waals surface area contributed by atoms with Crippen LogP contribution < -0.4 is 15.4 Å². The molecule has 2 aliphatic carbocycles. The number of para-hydroxylation sites is 1. The van der Waals surface area contributed by atoms with Gasteiger partial charge in [0.1, 0.15) is 12.4 Å². The van der Waals surface area contributed by atoms with Crippen molar-refractivity contribution in [3.63, 3.8) is 0 Å². The summed E-state index contributed by atoms with van der Waals surface area (Å²) in [6.07, 6.45) is 11.8. The van der Waals surface area contributed by atoms with Gasteiger partial charge in [-0.2, -0.15) is 0 Å². The summed E-state index contributed by atoms with van der Waals surface area (Å²) in [6.45, 7) is 1.30. The number of hydrogen-bond donors (Lipinski definition) is 3. The van der Waals surface area contributed by atoms with Gasteiger partial charge in [-0.25, -0.2) is 4.79 Å². The summed E-state index contributed by atoms with van der Waals surface area (Å²) in [5, 5.41) is 16.3. The fraction of sp³-hybridized carbons (Fsp3) is 0.359. The molecular formula is C39H41N3O5. The van der Waals surface area contributed by atoms with Gasteiger partial charge in [0.15, 0.2) is 0 Å². The second-order valence-electron chi connectivity index (χ2n) is 13.1. The molecule has 0 bridgehead atoms. The van der Waals surface area contributed by atoms with E-state index in [4.69, 9.17) is 9.84 Å². The zero-order chi connectivity index (χ0) is 32.3. The molecule has 47 heavy (non-hydrogen) atoms. The number of aromatic nitrogens is 1. The van der Waals surface area contributed by atoms with Crippen LogP contribution in [0.25, 0.3) is 28.2 Å². The minimum atomic E-state index is -1.01. The average molecular weight is 632 g/mol. The highest BCUT2D eigenvalue weighted by molar-refractivity contribution is 6.01. The van der Waals surface area contributed by atoms with Crippen molar-refractivity contribution in [3.8, 4) is 17.0 Å². The molecule has 8 heteroatoms. The maximum atomic E-state index is 13.7. The third kappa shape index (κ3) is 6.55. The Balaban J connectivity index is 1.09. The quantitative estimate of drug-likeness (QED) is 0.181. The first-order valence-corrected chi connectivity index (χ1v) is 17.0. The number of fused-ring (bicyclic) bond motifs is 5. The van der Waals surface area contributed by atoms with E-state index in [1.807, 2.05) is 12.1 Å². The van der Waals surface area contributed by atoms with E-state index in [1.54, 1.807) is 24.3 Å². The lowest BCUT2D eigenvalue weighted by atomic mass is 9.81. The zero-order valence-corrected chi connectivity index (χ0v) is 26.5. The molecule has 0 saturated heterocycles. The predicted molar refractivity (Wildman–Crippen MR) is 184 cm³/mol. The number of carboxylic acid groups (broad SMARTS) is 1. The molecule has 1 aromatic heterocycles. The number of aliphatic carboxylic acids is 1. The van der Waals surface area contributed by atoms with Crippen molar-refractivity contribution in [3.05, 3.63) is 89.5 Å². The molecule has 3 aromatic carbocycles.